The lowest BCUT2D eigenvalue weighted by molar-refractivity contribution is 0.128. The largest absolute Gasteiger partial charge is 0.497 e. The minimum absolute atomic E-state index is 0.232. The maximum Gasteiger partial charge on any atom is 0.132 e. The van der Waals surface area contributed by atoms with Crippen LogP contribution in [-0.4, -0.2) is 24.1 Å². The highest BCUT2D eigenvalue weighted by Gasteiger charge is 2.22. The van der Waals surface area contributed by atoms with E-state index in [2.05, 4.69) is 12.1 Å². The van der Waals surface area contributed by atoms with Crippen LogP contribution >= 0.6 is 0 Å². The summed E-state index contributed by atoms with van der Waals surface area (Å²) in [7, 11) is 1.63. The van der Waals surface area contributed by atoms with E-state index in [1.54, 1.807) is 14.0 Å². The molecule has 2 unspecified atom stereocenters. The molecule has 110 valence electrons. The molecule has 0 aliphatic heterocycles. The average Bonchev–Trinajstić information content (AvgIpc) is 2.46. The van der Waals surface area contributed by atoms with Crippen molar-refractivity contribution in [3.8, 4) is 11.5 Å². The van der Waals surface area contributed by atoms with Gasteiger partial charge in [0.05, 0.1) is 18.9 Å². The van der Waals surface area contributed by atoms with Gasteiger partial charge in [0.1, 0.15) is 11.5 Å². The third-order valence-electron chi connectivity index (χ3n) is 3.91. The Morgan fingerprint density at radius 3 is 2.80 bits per heavy atom. The Morgan fingerprint density at radius 1 is 1.35 bits per heavy atom. The van der Waals surface area contributed by atoms with Crippen molar-refractivity contribution in [3.63, 3.8) is 0 Å². The molecule has 0 bridgehead atoms. The van der Waals surface area contributed by atoms with Crippen LogP contribution in [0.5, 0.6) is 11.5 Å². The van der Waals surface area contributed by atoms with Crippen LogP contribution in [0.1, 0.15) is 45.1 Å². The molecule has 1 fully saturated rings. The predicted molar refractivity (Wildman–Crippen MR) is 79.0 cm³/mol. The maximum atomic E-state index is 8.99. The van der Waals surface area contributed by atoms with Crippen LogP contribution in [0.4, 0.5) is 0 Å². The highest BCUT2D eigenvalue weighted by Crippen LogP contribution is 2.31. The van der Waals surface area contributed by atoms with Crippen molar-refractivity contribution in [1.29, 1.82) is 0 Å². The first-order chi connectivity index (χ1) is 9.63. The van der Waals surface area contributed by atoms with Gasteiger partial charge in [-0.2, -0.15) is 0 Å². The molecular formula is C16H23NO3. The molecular weight excluding hydrogens is 254 g/mol. The van der Waals surface area contributed by atoms with Crippen molar-refractivity contribution in [1.82, 2.24) is 0 Å². The quantitative estimate of drug-likeness (QED) is 0.516. The van der Waals surface area contributed by atoms with Crippen molar-refractivity contribution >= 4 is 5.71 Å². The summed E-state index contributed by atoms with van der Waals surface area (Å²) < 4.78 is 11.4. The molecule has 0 radical (unpaired) electrons. The summed E-state index contributed by atoms with van der Waals surface area (Å²) in [6.07, 6.45) is 4.87. The van der Waals surface area contributed by atoms with Crippen LogP contribution in [0.15, 0.2) is 23.4 Å². The molecule has 2 rings (SSSR count). The SMILES string of the molecule is COc1ccc(/C(C)=N/O)c(OC2CCCC(C)C2)c1. The van der Waals surface area contributed by atoms with Gasteiger partial charge in [0, 0.05) is 11.6 Å². The molecule has 0 amide bonds. The van der Waals surface area contributed by atoms with Gasteiger partial charge in [0.25, 0.3) is 0 Å². The van der Waals surface area contributed by atoms with Gasteiger partial charge in [-0.05, 0) is 44.2 Å². The molecule has 20 heavy (non-hydrogen) atoms. The predicted octanol–water partition coefficient (Wildman–Crippen LogP) is 3.85. The molecule has 1 aromatic carbocycles. The van der Waals surface area contributed by atoms with Crippen molar-refractivity contribution < 1.29 is 14.7 Å². The molecule has 1 aliphatic rings. The number of methoxy groups -OCH3 is 1. The van der Waals surface area contributed by atoms with Crippen LogP contribution < -0.4 is 9.47 Å². The smallest absolute Gasteiger partial charge is 0.132 e. The lowest BCUT2D eigenvalue weighted by Gasteiger charge is -2.28. The number of rotatable bonds is 4. The number of nitrogens with zero attached hydrogens (tertiary/aromatic N) is 1. The summed E-state index contributed by atoms with van der Waals surface area (Å²) >= 11 is 0. The summed E-state index contributed by atoms with van der Waals surface area (Å²) in [4.78, 5) is 0. The molecule has 4 heteroatoms. The summed E-state index contributed by atoms with van der Waals surface area (Å²) in [6.45, 7) is 4.03. The fourth-order valence-corrected chi connectivity index (χ4v) is 2.74. The van der Waals surface area contributed by atoms with E-state index < -0.39 is 0 Å². The van der Waals surface area contributed by atoms with Gasteiger partial charge in [-0.25, -0.2) is 0 Å². The Bertz CT molecular complexity index is 485. The van der Waals surface area contributed by atoms with Crippen LogP contribution in [0.2, 0.25) is 0 Å². The first-order valence-corrected chi connectivity index (χ1v) is 7.17. The van der Waals surface area contributed by atoms with Gasteiger partial charge in [0.15, 0.2) is 0 Å². The van der Waals surface area contributed by atoms with E-state index in [0.717, 1.165) is 29.9 Å². The number of hydrogen-bond acceptors (Lipinski definition) is 4. The van der Waals surface area contributed by atoms with Gasteiger partial charge in [-0.1, -0.05) is 18.5 Å². The molecule has 1 N–H and O–H groups in total. The van der Waals surface area contributed by atoms with E-state index in [1.807, 2.05) is 18.2 Å². The minimum Gasteiger partial charge on any atom is -0.497 e. The second-order valence-electron chi connectivity index (χ2n) is 5.56. The Morgan fingerprint density at radius 2 is 2.15 bits per heavy atom. The zero-order valence-corrected chi connectivity index (χ0v) is 12.4. The summed E-state index contributed by atoms with van der Waals surface area (Å²) in [5.41, 5.74) is 1.36. The van der Waals surface area contributed by atoms with Crippen molar-refractivity contribution in [2.75, 3.05) is 7.11 Å². The lowest BCUT2D eigenvalue weighted by Crippen LogP contribution is -2.24. The lowest BCUT2D eigenvalue weighted by atomic mass is 9.88. The minimum atomic E-state index is 0.232. The molecule has 1 aliphatic carbocycles. The van der Waals surface area contributed by atoms with Crippen LogP contribution in [0, 0.1) is 5.92 Å². The molecule has 2 atom stereocenters. The van der Waals surface area contributed by atoms with Crippen molar-refractivity contribution in [2.24, 2.45) is 11.1 Å². The normalized spacial score (nSPS) is 23.4. The molecule has 0 heterocycles. The summed E-state index contributed by atoms with van der Waals surface area (Å²) in [5.74, 6) is 2.19. The Hall–Kier alpha value is -1.71. The fraction of sp³-hybridized carbons (Fsp3) is 0.562. The van der Waals surface area contributed by atoms with Gasteiger partial charge in [0.2, 0.25) is 0 Å². The Kier molecular flexibility index (Phi) is 4.88. The van der Waals surface area contributed by atoms with E-state index in [9.17, 15) is 0 Å². The van der Waals surface area contributed by atoms with Crippen molar-refractivity contribution in [2.45, 2.75) is 45.6 Å². The van der Waals surface area contributed by atoms with E-state index >= 15 is 0 Å². The zero-order valence-electron chi connectivity index (χ0n) is 12.4. The van der Waals surface area contributed by atoms with Gasteiger partial charge in [-0.15, -0.1) is 0 Å². The summed E-state index contributed by atoms with van der Waals surface area (Å²) in [5, 5.41) is 12.3. The van der Waals surface area contributed by atoms with Crippen LogP contribution in [-0.2, 0) is 0 Å². The molecule has 0 saturated heterocycles. The molecule has 0 aromatic heterocycles. The van der Waals surface area contributed by atoms with Gasteiger partial charge >= 0.3 is 0 Å². The topological polar surface area (TPSA) is 51.0 Å². The second-order valence-corrected chi connectivity index (χ2v) is 5.56. The Balaban J connectivity index is 2.23. The zero-order chi connectivity index (χ0) is 14.5. The standard InChI is InChI=1S/C16H23NO3/c1-11-5-4-6-14(9-11)20-16-10-13(19-3)7-8-15(16)12(2)17-18/h7-8,10-11,14,18H,4-6,9H2,1-3H3/b17-12+. The first kappa shape index (κ1) is 14.7. The first-order valence-electron chi connectivity index (χ1n) is 7.17. The van der Waals surface area contributed by atoms with E-state index in [4.69, 9.17) is 14.7 Å². The monoisotopic (exact) mass is 277 g/mol. The second kappa shape index (κ2) is 6.64. The van der Waals surface area contributed by atoms with Crippen LogP contribution in [0.3, 0.4) is 0 Å². The van der Waals surface area contributed by atoms with Crippen molar-refractivity contribution in [3.05, 3.63) is 23.8 Å². The Labute approximate surface area is 120 Å². The highest BCUT2D eigenvalue weighted by atomic mass is 16.5. The fourth-order valence-electron chi connectivity index (χ4n) is 2.74. The number of ether oxygens (including phenoxy) is 2. The number of benzene rings is 1. The number of oxime groups is 1. The van der Waals surface area contributed by atoms with Crippen LogP contribution in [0.25, 0.3) is 0 Å². The third kappa shape index (κ3) is 3.44. The molecule has 0 spiro atoms. The highest BCUT2D eigenvalue weighted by molar-refractivity contribution is 6.00. The number of hydrogen-bond donors (Lipinski definition) is 1. The average molecular weight is 277 g/mol. The molecule has 1 saturated carbocycles. The van der Waals surface area contributed by atoms with Gasteiger partial charge in [-0.3, -0.25) is 0 Å². The van der Waals surface area contributed by atoms with E-state index in [-0.39, 0.29) is 6.10 Å². The van der Waals surface area contributed by atoms with E-state index in [0.29, 0.717) is 11.6 Å². The van der Waals surface area contributed by atoms with Gasteiger partial charge < -0.3 is 14.7 Å². The maximum absolute atomic E-state index is 8.99. The third-order valence-corrected chi connectivity index (χ3v) is 3.91. The molecule has 4 nitrogen and oxygen atoms in total. The van der Waals surface area contributed by atoms with E-state index in [1.165, 1.54) is 12.8 Å². The molecule has 1 aromatic rings. The summed E-state index contributed by atoms with van der Waals surface area (Å²) in [6, 6.07) is 5.58.